The smallest absolute Gasteiger partial charge is 0.188 e. The zero-order valence-electron chi connectivity index (χ0n) is 14.5. The monoisotopic (exact) mass is 462 g/mol. The molecule has 5 nitrogen and oxygen atoms in total. The van der Waals surface area contributed by atoms with E-state index in [1.54, 1.807) is 0 Å². The van der Waals surface area contributed by atoms with Crippen molar-refractivity contribution in [2.45, 2.75) is 25.3 Å². The van der Waals surface area contributed by atoms with Crippen molar-refractivity contribution in [1.29, 1.82) is 0 Å². The lowest BCUT2D eigenvalue weighted by Gasteiger charge is -2.34. The first-order chi connectivity index (χ1) is 11.7. The number of nitrogens with zero attached hydrogens (tertiary/aromatic N) is 2. The lowest BCUT2D eigenvalue weighted by atomic mass is 9.85. The molecule has 1 heterocycles. The summed E-state index contributed by atoms with van der Waals surface area (Å²) in [5, 5.41) is 3.23. The zero-order chi connectivity index (χ0) is 16.8. The normalized spacial score (nSPS) is 20.4. The highest BCUT2D eigenvalue weighted by atomic mass is 127. The molecule has 0 spiro atoms. The Morgan fingerprint density at radius 1 is 1.28 bits per heavy atom. The Bertz CT molecular complexity index is 545. The van der Waals surface area contributed by atoms with Crippen molar-refractivity contribution in [2.75, 3.05) is 39.4 Å². The molecule has 1 aromatic rings. The first-order valence-corrected chi connectivity index (χ1v) is 8.83. The van der Waals surface area contributed by atoms with E-state index in [1.807, 2.05) is 12.1 Å². The van der Waals surface area contributed by atoms with E-state index in [9.17, 15) is 4.39 Å². The Morgan fingerprint density at radius 2 is 1.96 bits per heavy atom. The molecular weight excluding hydrogens is 434 g/mol. The van der Waals surface area contributed by atoms with Crippen molar-refractivity contribution in [3.63, 3.8) is 0 Å². The third-order valence-corrected chi connectivity index (χ3v) is 4.97. The fraction of sp³-hybridized carbons (Fsp3) is 0.611. The van der Waals surface area contributed by atoms with Gasteiger partial charge in [-0.3, -0.25) is 9.89 Å². The number of nitrogens with one attached hydrogen (secondary N) is 1. The lowest BCUT2D eigenvalue weighted by Crippen LogP contribution is -2.41. The molecule has 0 aromatic heterocycles. The predicted octanol–water partition coefficient (Wildman–Crippen LogP) is 2.52. The third-order valence-electron chi connectivity index (χ3n) is 4.97. The summed E-state index contributed by atoms with van der Waals surface area (Å²) >= 11 is 0. The highest BCUT2D eigenvalue weighted by Gasteiger charge is 2.23. The highest BCUT2D eigenvalue weighted by Crippen LogP contribution is 2.25. The number of hydrogen-bond acceptors (Lipinski definition) is 3. The van der Waals surface area contributed by atoms with Crippen LogP contribution in [-0.2, 0) is 4.74 Å². The molecule has 2 aliphatic rings. The van der Waals surface area contributed by atoms with Gasteiger partial charge in [-0.15, -0.1) is 24.0 Å². The standard InChI is InChI=1S/C18H27FN4O.HI/c19-16-6-4-15(5-7-16)17(23-8-10-24-11-9-23)13-22-18(20)21-12-14-2-1-3-14;/h4-7,14,17H,1-3,8-13H2,(H3,20,21,22);1H. The summed E-state index contributed by atoms with van der Waals surface area (Å²) in [6.07, 6.45) is 3.89. The highest BCUT2D eigenvalue weighted by molar-refractivity contribution is 14.0. The fourth-order valence-corrected chi connectivity index (χ4v) is 3.19. The Labute approximate surface area is 166 Å². The minimum absolute atomic E-state index is 0. The molecule has 1 unspecified atom stereocenters. The summed E-state index contributed by atoms with van der Waals surface area (Å²) in [4.78, 5) is 6.87. The van der Waals surface area contributed by atoms with Crippen LogP contribution in [-0.4, -0.2) is 50.3 Å². The van der Waals surface area contributed by atoms with Gasteiger partial charge in [-0.25, -0.2) is 4.39 Å². The van der Waals surface area contributed by atoms with Crippen molar-refractivity contribution in [1.82, 2.24) is 10.2 Å². The van der Waals surface area contributed by atoms with Crippen molar-refractivity contribution in [3.8, 4) is 0 Å². The molecule has 1 aliphatic heterocycles. The number of hydrogen-bond donors (Lipinski definition) is 2. The van der Waals surface area contributed by atoms with Crippen molar-refractivity contribution in [3.05, 3.63) is 35.6 Å². The van der Waals surface area contributed by atoms with Crippen LogP contribution < -0.4 is 11.1 Å². The second-order valence-electron chi connectivity index (χ2n) is 6.62. The Hall–Kier alpha value is -0.930. The molecule has 0 bridgehead atoms. The van der Waals surface area contributed by atoms with Crippen LogP contribution >= 0.6 is 24.0 Å². The molecule has 1 aromatic carbocycles. The van der Waals surface area contributed by atoms with Gasteiger partial charge in [0.1, 0.15) is 5.82 Å². The molecule has 0 radical (unpaired) electrons. The van der Waals surface area contributed by atoms with Crippen LogP contribution in [0, 0.1) is 11.7 Å². The Morgan fingerprint density at radius 3 is 2.56 bits per heavy atom. The minimum atomic E-state index is -0.218. The van der Waals surface area contributed by atoms with Crippen LogP contribution in [0.5, 0.6) is 0 Å². The van der Waals surface area contributed by atoms with E-state index >= 15 is 0 Å². The summed E-state index contributed by atoms with van der Waals surface area (Å²) in [5.41, 5.74) is 7.08. The Kier molecular flexibility index (Phi) is 8.38. The topological polar surface area (TPSA) is 62.9 Å². The number of guanidine groups is 1. The number of benzene rings is 1. The molecule has 7 heteroatoms. The number of morpholine rings is 1. The second kappa shape index (κ2) is 10.3. The summed E-state index contributed by atoms with van der Waals surface area (Å²) in [6, 6.07) is 6.78. The van der Waals surface area contributed by atoms with Crippen LogP contribution in [0.2, 0.25) is 0 Å². The quantitative estimate of drug-likeness (QED) is 0.388. The molecule has 3 rings (SSSR count). The number of nitrogens with two attached hydrogens (primary N) is 1. The van der Waals surface area contributed by atoms with Gasteiger partial charge < -0.3 is 15.8 Å². The number of rotatable bonds is 6. The molecule has 1 aliphatic carbocycles. The van der Waals surface area contributed by atoms with Gasteiger partial charge in [0.2, 0.25) is 0 Å². The van der Waals surface area contributed by atoms with Crippen LogP contribution in [0.1, 0.15) is 30.9 Å². The van der Waals surface area contributed by atoms with Crippen LogP contribution in [0.15, 0.2) is 29.3 Å². The van der Waals surface area contributed by atoms with Gasteiger partial charge in [0.25, 0.3) is 0 Å². The largest absolute Gasteiger partial charge is 0.379 e. The van der Waals surface area contributed by atoms with E-state index in [1.165, 1.54) is 31.4 Å². The van der Waals surface area contributed by atoms with Gasteiger partial charge in [-0.1, -0.05) is 18.6 Å². The molecule has 1 saturated heterocycles. The maximum absolute atomic E-state index is 13.2. The van der Waals surface area contributed by atoms with Gasteiger partial charge in [-0.05, 0) is 36.5 Å². The third kappa shape index (κ3) is 6.07. The van der Waals surface area contributed by atoms with Crippen molar-refractivity contribution < 1.29 is 9.13 Å². The fourth-order valence-electron chi connectivity index (χ4n) is 3.19. The Balaban J connectivity index is 0.00000225. The molecule has 25 heavy (non-hydrogen) atoms. The first kappa shape index (κ1) is 20.4. The lowest BCUT2D eigenvalue weighted by molar-refractivity contribution is 0.0179. The van der Waals surface area contributed by atoms with E-state index in [-0.39, 0.29) is 35.8 Å². The van der Waals surface area contributed by atoms with E-state index < -0.39 is 0 Å². The van der Waals surface area contributed by atoms with Gasteiger partial charge >= 0.3 is 0 Å². The van der Waals surface area contributed by atoms with Crippen molar-refractivity contribution >= 4 is 29.9 Å². The number of ether oxygens (including phenoxy) is 1. The molecule has 3 N–H and O–H groups in total. The number of halogens is 2. The van der Waals surface area contributed by atoms with Crippen molar-refractivity contribution in [2.24, 2.45) is 16.6 Å². The number of aliphatic imine (C=N–C) groups is 1. The van der Waals surface area contributed by atoms with Gasteiger partial charge in [0, 0.05) is 19.6 Å². The van der Waals surface area contributed by atoms with Gasteiger partial charge in [-0.2, -0.15) is 0 Å². The van der Waals surface area contributed by atoms with E-state index in [2.05, 4.69) is 15.2 Å². The molecule has 0 amide bonds. The summed E-state index contributed by atoms with van der Waals surface area (Å²) in [5.74, 6) is 1.03. The predicted molar refractivity (Wildman–Crippen MR) is 109 cm³/mol. The van der Waals surface area contributed by atoms with Crippen LogP contribution in [0.3, 0.4) is 0 Å². The SMILES string of the molecule is I.NC(=NCC(c1ccc(F)cc1)N1CCOCC1)NCC1CCC1. The second-order valence-corrected chi connectivity index (χ2v) is 6.62. The zero-order valence-corrected chi connectivity index (χ0v) is 16.8. The summed E-state index contributed by atoms with van der Waals surface area (Å²) < 4.78 is 18.7. The average Bonchev–Trinajstić information content (AvgIpc) is 2.56. The summed E-state index contributed by atoms with van der Waals surface area (Å²) in [6.45, 7) is 4.62. The van der Waals surface area contributed by atoms with E-state index in [0.29, 0.717) is 12.5 Å². The van der Waals surface area contributed by atoms with Crippen LogP contribution in [0.4, 0.5) is 4.39 Å². The molecular formula is C18H28FIN4O. The minimum Gasteiger partial charge on any atom is -0.379 e. The van der Waals surface area contributed by atoms with Gasteiger partial charge in [0.05, 0.1) is 25.8 Å². The molecule has 2 fully saturated rings. The first-order valence-electron chi connectivity index (χ1n) is 8.83. The maximum Gasteiger partial charge on any atom is 0.188 e. The van der Waals surface area contributed by atoms with Gasteiger partial charge in [0.15, 0.2) is 5.96 Å². The maximum atomic E-state index is 13.2. The van der Waals surface area contributed by atoms with E-state index in [4.69, 9.17) is 10.5 Å². The van der Waals surface area contributed by atoms with E-state index in [0.717, 1.165) is 44.3 Å². The molecule has 1 atom stereocenters. The summed E-state index contributed by atoms with van der Waals surface area (Å²) in [7, 11) is 0. The average molecular weight is 462 g/mol. The molecule has 140 valence electrons. The molecule has 1 saturated carbocycles. The van der Waals surface area contributed by atoms with Crippen LogP contribution in [0.25, 0.3) is 0 Å².